The van der Waals surface area contributed by atoms with Gasteiger partial charge in [-0.3, -0.25) is 0 Å². The maximum absolute atomic E-state index is 2.17. The van der Waals surface area contributed by atoms with Crippen LogP contribution in [0.25, 0.3) is 0 Å². The van der Waals surface area contributed by atoms with Gasteiger partial charge in [-0.2, -0.15) is 0 Å². The van der Waals surface area contributed by atoms with Gasteiger partial charge in [0, 0.05) is 0 Å². The van der Waals surface area contributed by atoms with Gasteiger partial charge in [-0.1, -0.05) is 49.3 Å². The molecule has 0 N–H and O–H groups in total. The van der Waals surface area contributed by atoms with Crippen molar-refractivity contribution in [3.8, 4) is 0 Å². The standard InChI is InChI=1S/C10H16.C2H6/c1-5-6-7-10(4)8-9(2)3;1-2/h5-8H,1-4H3;1-2H3/b6-5+,10-7-;. The highest BCUT2D eigenvalue weighted by Gasteiger charge is 1.78. The fourth-order valence-corrected chi connectivity index (χ4v) is 0.751. The molecule has 0 saturated heterocycles. The molecule has 0 atom stereocenters. The Kier molecular flexibility index (Phi) is 11.7. The van der Waals surface area contributed by atoms with E-state index in [1.165, 1.54) is 11.1 Å². The second kappa shape index (κ2) is 10.2. The van der Waals surface area contributed by atoms with E-state index in [0.717, 1.165) is 0 Å². The summed E-state index contributed by atoms with van der Waals surface area (Å²) in [4.78, 5) is 0. The Morgan fingerprint density at radius 3 is 1.83 bits per heavy atom. The van der Waals surface area contributed by atoms with E-state index in [-0.39, 0.29) is 0 Å². The minimum Gasteiger partial charge on any atom is -0.0877 e. The first-order valence-electron chi connectivity index (χ1n) is 4.61. The Balaban J connectivity index is 0. The maximum atomic E-state index is 2.17. The first-order chi connectivity index (χ1) is 5.66. The Morgan fingerprint density at radius 2 is 1.50 bits per heavy atom. The van der Waals surface area contributed by atoms with Crippen LogP contribution in [0.2, 0.25) is 0 Å². The van der Waals surface area contributed by atoms with E-state index in [1.807, 2.05) is 26.8 Å². The van der Waals surface area contributed by atoms with E-state index in [2.05, 4.69) is 39.0 Å². The Morgan fingerprint density at radius 1 is 1.00 bits per heavy atom. The second-order valence-electron chi connectivity index (χ2n) is 2.66. The first kappa shape index (κ1) is 13.8. The zero-order valence-electron chi connectivity index (χ0n) is 9.31. The van der Waals surface area contributed by atoms with Crippen molar-refractivity contribution in [2.24, 2.45) is 0 Å². The van der Waals surface area contributed by atoms with Crippen LogP contribution >= 0.6 is 0 Å². The third kappa shape index (κ3) is 12.0. The van der Waals surface area contributed by atoms with Gasteiger partial charge in [0.05, 0.1) is 0 Å². The minimum absolute atomic E-state index is 1.30. The van der Waals surface area contributed by atoms with Crippen molar-refractivity contribution in [3.05, 3.63) is 35.5 Å². The van der Waals surface area contributed by atoms with Crippen molar-refractivity contribution in [2.75, 3.05) is 0 Å². The van der Waals surface area contributed by atoms with E-state index >= 15 is 0 Å². The van der Waals surface area contributed by atoms with Crippen LogP contribution < -0.4 is 0 Å². The summed E-state index contributed by atoms with van der Waals surface area (Å²) in [7, 11) is 0. The predicted molar refractivity (Wildman–Crippen MR) is 59.4 cm³/mol. The van der Waals surface area contributed by atoms with Crippen LogP contribution in [0.5, 0.6) is 0 Å². The van der Waals surface area contributed by atoms with Crippen molar-refractivity contribution in [1.82, 2.24) is 0 Å². The van der Waals surface area contributed by atoms with Gasteiger partial charge in [0.15, 0.2) is 0 Å². The van der Waals surface area contributed by atoms with Gasteiger partial charge < -0.3 is 0 Å². The summed E-state index contributed by atoms with van der Waals surface area (Å²) in [6.07, 6.45) is 8.35. The molecule has 0 heteroatoms. The van der Waals surface area contributed by atoms with Crippen LogP contribution in [0.1, 0.15) is 41.5 Å². The van der Waals surface area contributed by atoms with Crippen molar-refractivity contribution >= 4 is 0 Å². The molecule has 0 aromatic heterocycles. The Labute approximate surface area is 77.7 Å². The molecule has 0 rings (SSSR count). The van der Waals surface area contributed by atoms with Crippen molar-refractivity contribution < 1.29 is 0 Å². The summed E-state index contributed by atoms with van der Waals surface area (Å²) in [6, 6.07) is 0. The molecule has 0 aliphatic heterocycles. The molecule has 0 spiro atoms. The smallest absolute Gasteiger partial charge is 0.0398 e. The van der Waals surface area contributed by atoms with Gasteiger partial charge in [-0.15, -0.1) is 0 Å². The number of hydrogen-bond donors (Lipinski definition) is 0. The van der Waals surface area contributed by atoms with E-state index in [0.29, 0.717) is 0 Å². The van der Waals surface area contributed by atoms with Crippen molar-refractivity contribution in [3.63, 3.8) is 0 Å². The number of rotatable bonds is 2. The van der Waals surface area contributed by atoms with E-state index < -0.39 is 0 Å². The maximum Gasteiger partial charge on any atom is -0.0398 e. The van der Waals surface area contributed by atoms with Crippen molar-refractivity contribution in [1.29, 1.82) is 0 Å². The molecule has 0 aliphatic carbocycles. The van der Waals surface area contributed by atoms with Crippen LogP contribution in [0, 0.1) is 0 Å². The molecule has 70 valence electrons. The lowest BCUT2D eigenvalue weighted by Gasteiger charge is -1.89. The molecule has 0 nitrogen and oxygen atoms in total. The topological polar surface area (TPSA) is 0 Å². The third-order valence-corrected chi connectivity index (χ3v) is 1.07. The molecule has 0 unspecified atom stereocenters. The average Bonchev–Trinajstić information content (AvgIpc) is 2.03. The second-order valence-corrected chi connectivity index (χ2v) is 2.66. The fourth-order valence-electron chi connectivity index (χ4n) is 0.751. The lowest BCUT2D eigenvalue weighted by atomic mass is 10.2. The van der Waals surface area contributed by atoms with Crippen LogP contribution in [-0.2, 0) is 0 Å². The number of hydrogen-bond acceptors (Lipinski definition) is 0. The van der Waals surface area contributed by atoms with E-state index in [9.17, 15) is 0 Å². The van der Waals surface area contributed by atoms with Gasteiger partial charge in [-0.25, -0.2) is 0 Å². The summed E-state index contributed by atoms with van der Waals surface area (Å²) in [5.41, 5.74) is 2.65. The van der Waals surface area contributed by atoms with Crippen LogP contribution in [0.15, 0.2) is 35.5 Å². The van der Waals surface area contributed by atoms with Gasteiger partial charge in [0.25, 0.3) is 0 Å². The molecule has 0 saturated carbocycles. The van der Waals surface area contributed by atoms with Gasteiger partial charge >= 0.3 is 0 Å². The zero-order valence-corrected chi connectivity index (χ0v) is 9.31. The lowest BCUT2D eigenvalue weighted by molar-refractivity contribution is 1.35. The van der Waals surface area contributed by atoms with Crippen molar-refractivity contribution in [2.45, 2.75) is 41.5 Å². The highest BCUT2D eigenvalue weighted by atomic mass is 13.9. The third-order valence-electron chi connectivity index (χ3n) is 1.07. The highest BCUT2D eigenvalue weighted by Crippen LogP contribution is 1.99. The highest BCUT2D eigenvalue weighted by molar-refractivity contribution is 5.23. The molecule has 0 amide bonds. The molecule has 12 heavy (non-hydrogen) atoms. The van der Waals surface area contributed by atoms with E-state index in [1.54, 1.807) is 0 Å². The molecule has 0 aromatic rings. The molecular formula is C12H22. The summed E-state index contributed by atoms with van der Waals surface area (Å²) >= 11 is 0. The number of allylic oxidation sites excluding steroid dienone is 6. The van der Waals surface area contributed by atoms with Gasteiger partial charge in [0.1, 0.15) is 0 Å². The van der Waals surface area contributed by atoms with Crippen LogP contribution in [-0.4, -0.2) is 0 Å². The summed E-state index contributed by atoms with van der Waals surface area (Å²) in [5.74, 6) is 0. The average molecular weight is 166 g/mol. The molecule has 0 aliphatic rings. The Hall–Kier alpha value is -0.780. The fraction of sp³-hybridized carbons (Fsp3) is 0.500. The minimum atomic E-state index is 1.30. The predicted octanol–water partition coefficient (Wildman–Crippen LogP) is 4.50. The molecule has 0 bridgehead atoms. The lowest BCUT2D eigenvalue weighted by Crippen LogP contribution is -1.68. The van der Waals surface area contributed by atoms with Gasteiger partial charge in [-0.05, 0) is 27.7 Å². The molecule has 0 radical (unpaired) electrons. The summed E-state index contributed by atoms with van der Waals surface area (Å²) < 4.78 is 0. The monoisotopic (exact) mass is 166 g/mol. The quantitative estimate of drug-likeness (QED) is 0.530. The SMILES string of the molecule is C/C=C/C=C(/C)C=C(C)C.CC. The Bertz CT molecular complexity index is 164. The zero-order chi connectivity index (χ0) is 9.98. The molecule has 0 fully saturated rings. The van der Waals surface area contributed by atoms with Crippen LogP contribution in [0.3, 0.4) is 0 Å². The summed E-state index contributed by atoms with van der Waals surface area (Å²) in [5, 5.41) is 0. The first-order valence-corrected chi connectivity index (χ1v) is 4.61. The van der Waals surface area contributed by atoms with Crippen LogP contribution in [0.4, 0.5) is 0 Å². The molecule has 0 aromatic carbocycles. The normalized spacial score (nSPS) is 10.7. The largest absolute Gasteiger partial charge is 0.0877 e. The molecule has 0 heterocycles. The molecular weight excluding hydrogens is 144 g/mol. The summed E-state index contributed by atoms with van der Waals surface area (Å²) in [6.45, 7) is 12.3. The van der Waals surface area contributed by atoms with E-state index in [4.69, 9.17) is 0 Å². The van der Waals surface area contributed by atoms with Gasteiger partial charge in [0.2, 0.25) is 0 Å².